The monoisotopic (exact) mass is 391 g/mol. The zero-order valence-corrected chi connectivity index (χ0v) is 12.4. The third-order valence-electron chi connectivity index (χ3n) is 2.38. The van der Waals surface area contributed by atoms with Crippen molar-refractivity contribution < 1.29 is 14.3 Å². The van der Waals surface area contributed by atoms with Crippen LogP contribution in [0.3, 0.4) is 0 Å². The number of halogens is 3. The van der Waals surface area contributed by atoms with E-state index in [0.717, 1.165) is 21.8 Å². The molecule has 98 valence electrons. The first-order valence-corrected chi connectivity index (χ1v) is 6.68. The molecular formula is C13H8ClFINO2. The molecule has 2 aromatic carbocycles. The minimum atomic E-state index is -0.589. The summed E-state index contributed by atoms with van der Waals surface area (Å²) in [6.45, 7) is 0. The largest absolute Gasteiger partial charge is 0.507 e. The van der Waals surface area contributed by atoms with Gasteiger partial charge in [-0.15, -0.1) is 0 Å². The summed E-state index contributed by atoms with van der Waals surface area (Å²) in [6.07, 6.45) is 0. The molecule has 0 saturated heterocycles. The third-order valence-corrected chi connectivity index (χ3v) is 3.51. The summed E-state index contributed by atoms with van der Waals surface area (Å²) >= 11 is 7.83. The number of phenolic OH excluding ortho intramolecular Hbond substituents is 1. The van der Waals surface area contributed by atoms with Crippen LogP contribution in [-0.4, -0.2) is 11.0 Å². The Labute approximate surface area is 127 Å². The Morgan fingerprint density at radius 2 is 2.00 bits per heavy atom. The molecule has 0 aliphatic heterocycles. The van der Waals surface area contributed by atoms with Crippen molar-refractivity contribution in [2.45, 2.75) is 0 Å². The van der Waals surface area contributed by atoms with Crippen LogP contribution >= 0.6 is 34.2 Å². The number of carbonyl (C=O) groups excluding carboxylic acids is 1. The number of rotatable bonds is 2. The second-order valence-electron chi connectivity index (χ2n) is 3.74. The highest BCUT2D eigenvalue weighted by atomic mass is 127. The van der Waals surface area contributed by atoms with Crippen molar-refractivity contribution in [3.63, 3.8) is 0 Å². The zero-order chi connectivity index (χ0) is 14.0. The van der Waals surface area contributed by atoms with E-state index >= 15 is 0 Å². The van der Waals surface area contributed by atoms with Gasteiger partial charge in [-0.3, -0.25) is 4.79 Å². The second-order valence-corrected chi connectivity index (χ2v) is 5.34. The smallest absolute Gasteiger partial charge is 0.259 e. The number of nitrogens with one attached hydrogen (secondary N) is 1. The summed E-state index contributed by atoms with van der Waals surface area (Å²) < 4.78 is 13.8. The number of carbonyl (C=O) groups is 1. The molecule has 2 rings (SSSR count). The fourth-order valence-corrected chi connectivity index (χ4v) is 2.48. The lowest BCUT2D eigenvalue weighted by Gasteiger charge is -2.09. The summed E-state index contributed by atoms with van der Waals surface area (Å²) in [6, 6.07) is 8.15. The normalized spacial score (nSPS) is 10.3. The van der Waals surface area contributed by atoms with Crippen LogP contribution in [0.2, 0.25) is 5.02 Å². The lowest BCUT2D eigenvalue weighted by molar-refractivity contribution is 0.102. The number of aromatic hydroxyl groups is 1. The van der Waals surface area contributed by atoms with Gasteiger partial charge in [-0.2, -0.15) is 0 Å². The Balaban J connectivity index is 2.28. The minimum absolute atomic E-state index is 0.120. The van der Waals surface area contributed by atoms with E-state index in [-0.39, 0.29) is 11.3 Å². The molecule has 0 radical (unpaired) electrons. The van der Waals surface area contributed by atoms with Gasteiger partial charge in [0.2, 0.25) is 0 Å². The molecule has 19 heavy (non-hydrogen) atoms. The molecule has 0 aliphatic rings. The van der Waals surface area contributed by atoms with E-state index in [1.807, 2.05) is 22.6 Å². The predicted octanol–water partition coefficient (Wildman–Crippen LogP) is 4.04. The SMILES string of the molecule is O=C(Nc1ccc(Cl)cc1I)c1cc(F)ccc1O. The van der Waals surface area contributed by atoms with Crippen LogP contribution in [0.1, 0.15) is 10.4 Å². The number of hydrogen-bond acceptors (Lipinski definition) is 2. The van der Waals surface area contributed by atoms with Gasteiger partial charge in [-0.1, -0.05) is 11.6 Å². The second kappa shape index (κ2) is 5.75. The van der Waals surface area contributed by atoms with Gasteiger partial charge in [-0.25, -0.2) is 4.39 Å². The average Bonchev–Trinajstić information content (AvgIpc) is 2.35. The van der Waals surface area contributed by atoms with Gasteiger partial charge in [0.25, 0.3) is 5.91 Å². The maximum atomic E-state index is 13.1. The fraction of sp³-hybridized carbons (Fsp3) is 0. The molecule has 6 heteroatoms. The van der Waals surface area contributed by atoms with Gasteiger partial charge in [0.05, 0.1) is 11.3 Å². The fourth-order valence-electron chi connectivity index (χ4n) is 1.47. The standard InChI is InChI=1S/C13H8ClFINO2/c14-7-1-3-11(10(16)5-7)17-13(19)9-6-8(15)2-4-12(9)18/h1-6,18H,(H,17,19). The molecule has 0 aliphatic carbocycles. The lowest BCUT2D eigenvalue weighted by Crippen LogP contribution is -2.13. The van der Waals surface area contributed by atoms with Gasteiger partial charge in [0, 0.05) is 8.59 Å². The quantitative estimate of drug-likeness (QED) is 0.759. The van der Waals surface area contributed by atoms with Crippen molar-refractivity contribution in [2.24, 2.45) is 0 Å². The molecule has 0 atom stereocenters. The summed E-state index contributed by atoms with van der Waals surface area (Å²) in [5, 5.41) is 12.7. The van der Waals surface area contributed by atoms with Crippen molar-refractivity contribution in [3.05, 3.63) is 56.4 Å². The van der Waals surface area contributed by atoms with Crippen LogP contribution in [0.4, 0.5) is 10.1 Å². The highest BCUT2D eigenvalue weighted by Crippen LogP contribution is 2.24. The van der Waals surface area contributed by atoms with Crippen molar-refractivity contribution in [3.8, 4) is 5.75 Å². The Kier molecular flexibility index (Phi) is 4.26. The van der Waals surface area contributed by atoms with Gasteiger partial charge >= 0.3 is 0 Å². The predicted molar refractivity (Wildman–Crippen MR) is 80.2 cm³/mol. The van der Waals surface area contributed by atoms with Crippen LogP contribution in [0.15, 0.2) is 36.4 Å². The summed E-state index contributed by atoms with van der Waals surface area (Å²) in [4.78, 5) is 12.0. The number of phenols is 1. The first-order chi connectivity index (χ1) is 8.97. The Morgan fingerprint density at radius 1 is 1.26 bits per heavy atom. The molecule has 0 saturated carbocycles. The van der Waals surface area contributed by atoms with Crippen molar-refractivity contribution in [1.82, 2.24) is 0 Å². The summed E-state index contributed by atoms with van der Waals surface area (Å²) in [5.74, 6) is -1.45. The van der Waals surface area contributed by atoms with Gasteiger partial charge in [-0.05, 0) is 59.0 Å². The van der Waals surface area contributed by atoms with E-state index in [0.29, 0.717) is 10.7 Å². The number of hydrogen-bond donors (Lipinski definition) is 2. The molecule has 0 fully saturated rings. The number of amides is 1. The maximum Gasteiger partial charge on any atom is 0.259 e. The minimum Gasteiger partial charge on any atom is -0.507 e. The average molecular weight is 392 g/mol. The van der Waals surface area contributed by atoms with E-state index < -0.39 is 11.7 Å². The highest BCUT2D eigenvalue weighted by molar-refractivity contribution is 14.1. The van der Waals surface area contributed by atoms with E-state index in [9.17, 15) is 14.3 Å². The van der Waals surface area contributed by atoms with E-state index in [2.05, 4.69) is 5.32 Å². The molecular weight excluding hydrogens is 384 g/mol. The molecule has 2 N–H and O–H groups in total. The molecule has 0 aromatic heterocycles. The summed E-state index contributed by atoms with van der Waals surface area (Å²) in [5.41, 5.74) is 0.421. The topological polar surface area (TPSA) is 49.3 Å². The van der Waals surface area contributed by atoms with Crippen molar-refractivity contribution in [1.29, 1.82) is 0 Å². The highest BCUT2D eigenvalue weighted by Gasteiger charge is 2.13. The van der Waals surface area contributed by atoms with Crippen molar-refractivity contribution >= 4 is 45.8 Å². The van der Waals surface area contributed by atoms with Gasteiger partial charge in [0.15, 0.2) is 0 Å². The van der Waals surface area contributed by atoms with Crippen LogP contribution in [-0.2, 0) is 0 Å². The molecule has 0 spiro atoms. The molecule has 0 heterocycles. The van der Waals surface area contributed by atoms with Crippen molar-refractivity contribution in [2.75, 3.05) is 5.32 Å². The van der Waals surface area contributed by atoms with Crippen LogP contribution in [0, 0.1) is 9.39 Å². The molecule has 2 aromatic rings. The Morgan fingerprint density at radius 3 is 2.68 bits per heavy atom. The summed E-state index contributed by atoms with van der Waals surface area (Å²) in [7, 11) is 0. The Hall–Kier alpha value is -1.34. The molecule has 3 nitrogen and oxygen atoms in total. The molecule has 0 bridgehead atoms. The number of benzene rings is 2. The number of anilines is 1. The maximum absolute atomic E-state index is 13.1. The first kappa shape index (κ1) is 14.1. The van der Waals surface area contributed by atoms with Crippen LogP contribution in [0.5, 0.6) is 5.75 Å². The van der Waals surface area contributed by atoms with E-state index in [1.165, 1.54) is 0 Å². The Bertz CT molecular complexity index is 649. The molecule has 1 amide bonds. The van der Waals surface area contributed by atoms with E-state index in [4.69, 9.17) is 11.6 Å². The lowest BCUT2D eigenvalue weighted by atomic mass is 10.1. The van der Waals surface area contributed by atoms with Gasteiger partial charge in [0.1, 0.15) is 11.6 Å². The first-order valence-electron chi connectivity index (χ1n) is 5.22. The molecule has 0 unspecified atom stereocenters. The third kappa shape index (κ3) is 3.36. The van der Waals surface area contributed by atoms with E-state index in [1.54, 1.807) is 18.2 Å². The van der Waals surface area contributed by atoms with Crippen LogP contribution in [0.25, 0.3) is 0 Å². The zero-order valence-electron chi connectivity index (χ0n) is 9.45. The van der Waals surface area contributed by atoms with Crippen LogP contribution < -0.4 is 5.32 Å². The van der Waals surface area contributed by atoms with Gasteiger partial charge < -0.3 is 10.4 Å².